The van der Waals surface area contributed by atoms with Crippen LogP contribution in [0, 0.1) is 0 Å². The van der Waals surface area contributed by atoms with Gasteiger partial charge in [-0.1, -0.05) is 24.8 Å². The molecule has 3 aromatic rings. The monoisotopic (exact) mass is 376 g/mol. The average molecular weight is 377 g/mol. The molecule has 9 heteroatoms. The van der Waals surface area contributed by atoms with Gasteiger partial charge < -0.3 is 10.6 Å². The van der Waals surface area contributed by atoms with Gasteiger partial charge in [0.2, 0.25) is 0 Å². The molecule has 2 N–H and O–H groups in total. The second kappa shape index (κ2) is 8.30. The van der Waals surface area contributed by atoms with Crippen molar-refractivity contribution in [2.75, 3.05) is 24.7 Å². The van der Waals surface area contributed by atoms with E-state index in [4.69, 9.17) is 0 Å². The summed E-state index contributed by atoms with van der Waals surface area (Å²) in [6.45, 7) is 4.01. The number of rotatable bonds is 8. The summed E-state index contributed by atoms with van der Waals surface area (Å²) in [5.41, 5.74) is 0.781. The predicted octanol–water partition coefficient (Wildman–Crippen LogP) is 2.86. The van der Waals surface area contributed by atoms with Crippen molar-refractivity contribution in [1.29, 1.82) is 0 Å². The number of amides is 1. The number of fused-ring (bicyclic) bond motifs is 1. The lowest BCUT2D eigenvalue weighted by atomic mass is 10.3. The van der Waals surface area contributed by atoms with Crippen molar-refractivity contribution >= 4 is 45.9 Å². The molecule has 0 atom stereocenters. The number of nitrogens with one attached hydrogen (secondary N) is 2. The van der Waals surface area contributed by atoms with E-state index in [9.17, 15) is 4.79 Å². The third kappa shape index (κ3) is 4.10. The van der Waals surface area contributed by atoms with Crippen molar-refractivity contribution in [3.05, 3.63) is 28.6 Å². The molecule has 0 fully saturated rings. The molecule has 0 unspecified atom stereocenters. The molecule has 0 aliphatic carbocycles. The van der Waals surface area contributed by atoms with E-state index in [0.717, 1.165) is 29.8 Å². The fourth-order valence-electron chi connectivity index (χ4n) is 2.34. The summed E-state index contributed by atoms with van der Waals surface area (Å²) in [4.78, 5) is 21.8. The second-order valence-electron chi connectivity index (χ2n) is 5.32. The van der Waals surface area contributed by atoms with Gasteiger partial charge in [-0.15, -0.1) is 11.3 Å². The SMILES string of the molecule is CCCNc1nc(SC)nc2c1cnn2CCNC(=O)c1cccs1. The molecule has 0 radical (unpaired) electrons. The van der Waals surface area contributed by atoms with Crippen LogP contribution in [0.2, 0.25) is 0 Å². The number of thiophene rings is 1. The lowest BCUT2D eigenvalue weighted by Crippen LogP contribution is -2.26. The smallest absolute Gasteiger partial charge is 0.261 e. The fraction of sp³-hybridized carbons (Fsp3) is 0.375. The Labute approximate surface area is 154 Å². The molecule has 0 aliphatic heterocycles. The average Bonchev–Trinajstić information content (AvgIpc) is 3.29. The summed E-state index contributed by atoms with van der Waals surface area (Å²) >= 11 is 2.93. The highest BCUT2D eigenvalue weighted by atomic mass is 32.2. The highest BCUT2D eigenvalue weighted by Crippen LogP contribution is 2.23. The fourth-order valence-corrected chi connectivity index (χ4v) is 3.34. The molecule has 3 aromatic heterocycles. The topological polar surface area (TPSA) is 84.7 Å². The first-order valence-corrected chi connectivity index (χ1v) is 10.2. The molecule has 0 aromatic carbocycles. The van der Waals surface area contributed by atoms with Gasteiger partial charge in [0, 0.05) is 13.1 Å². The number of hydrogen-bond acceptors (Lipinski definition) is 7. The molecule has 0 aliphatic rings. The summed E-state index contributed by atoms with van der Waals surface area (Å²) < 4.78 is 1.81. The Morgan fingerprint density at radius 3 is 2.96 bits per heavy atom. The van der Waals surface area contributed by atoms with Crippen LogP contribution in [0.5, 0.6) is 0 Å². The maximum atomic E-state index is 12.0. The normalized spacial score (nSPS) is 11.0. The number of thioether (sulfide) groups is 1. The molecule has 3 rings (SSSR count). The Bertz CT molecular complexity index is 846. The van der Waals surface area contributed by atoms with Crippen molar-refractivity contribution < 1.29 is 4.79 Å². The zero-order valence-corrected chi connectivity index (χ0v) is 15.8. The van der Waals surface area contributed by atoms with Crippen LogP contribution < -0.4 is 10.6 Å². The van der Waals surface area contributed by atoms with Gasteiger partial charge in [0.15, 0.2) is 10.8 Å². The van der Waals surface area contributed by atoms with E-state index in [2.05, 4.69) is 32.6 Å². The van der Waals surface area contributed by atoms with Gasteiger partial charge in [-0.2, -0.15) is 5.10 Å². The zero-order valence-electron chi connectivity index (χ0n) is 14.2. The van der Waals surface area contributed by atoms with Crippen LogP contribution in [0.1, 0.15) is 23.0 Å². The van der Waals surface area contributed by atoms with Crippen molar-refractivity contribution in [2.45, 2.75) is 25.0 Å². The molecule has 0 spiro atoms. The minimum absolute atomic E-state index is 0.0591. The highest BCUT2D eigenvalue weighted by molar-refractivity contribution is 7.98. The summed E-state index contributed by atoms with van der Waals surface area (Å²) in [5, 5.41) is 14.2. The van der Waals surface area contributed by atoms with E-state index < -0.39 is 0 Å². The number of anilines is 1. The Hall–Kier alpha value is -2.13. The number of carbonyl (C=O) groups excluding carboxylic acids is 1. The molecule has 0 bridgehead atoms. The van der Waals surface area contributed by atoms with Gasteiger partial charge in [0.05, 0.1) is 23.0 Å². The molecule has 132 valence electrons. The lowest BCUT2D eigenvalue weighted by Gasteiger charge is -2.08. The maximum Gasteiger partial charge on any atom is 0.261 e. The summed E-state index contributed by atoms with van der Waals surface area (Å²) in [6.07, 6.45) is 4.74. The molecule has 0 saturated heterocycles. The van der Waals surface area contributed by atoms with Crippen molar-refractivity contribution in [1.82, 2.24) is 25.1 Å². The zero-order chi connectivity index (χ0) is 17.6. The summed E-state index contributed by atoms with van der Waals surface area (Å²) in [7, 11) is 0. The first kappa shape index (κ1) is 17.7. The predicted molar refractivity (Wildman–Crippen MR) is 103 cm³/mol. The lowest BCUT2D eigenvalue weighted by molar-refractivity contribution is 0.0956. The van der Waals surface area contributed by atoms with E-state index in [1.54, 1.807) is 6.20 Å². The van der Waals surface area contributed by atoms with Crippen LogP contribution in [0.4, 0.5) is 5.82 Å². The van der Waals surface area contributed by atoms with E-state index >= 15 is 0 Å². The van der Waals surface area contributed by atoms with Gasteiger partial charge in [0.25, 0.3) is 5.91 Å². The molecule has 7 nitrogen and oxygen atoms in total. The first-order valence-electron chi connectivity index (χ1n) is 8.06. The van der Waals surface area contributed by atoms with E-state index in [0.29, 0.717) is 23.1 Å². The molecule has 0 saturated carbocycles. The van der Waals surface area contributed by atoms with Gasteiger partial charge in [-0.3, -0.25) is 4.79 Å². The Morgan fingerprint density at radius 2 is 2.24 bits per heavy atom. The number of nitrogens with zero attached hydrogens (tertiary/aromatic N) is 4. The largest absolute Gasteiger partial charge is 0.369 e. The van der Waals surface area contributed by atoms with Crippen LogP contribution in [0.25, 0.3) is 11.0 Å². The standard InChI is InChI=1S/C16H20N6OS2/c1-3-6-17-13-11-10-19-22(14(11)21-16(20-13)24-2)8-7-18-15(23)12-5-4-9-25-12/h4-5,9-10H,3,6-8H2,1-2H3,(H,18,23)(H,17,20,21). The highest BCUT2D eigenvalue weighted by Gasteiger charge is 2.13. The molecule has 1 amide bonds. The van der Waals surface area contributed by atoms with Crippen LogP contribution in [-0.2, 0) is 6.54 Å². The third-order valence-electron chi connectivity index (χ3n) is 3.55. The quantitative estimate of drug-likeness (QED) is 0.464. The van der Waals surface area contributed by atoms with Gasteiger partial charge >= 0.3 is 0 Å². The Morgan fingerprint density at radius 1 is 1.36 bits per heavy atom. The first-order chi connectivity index (χ1) is 12.2. The van der Waals surface area contributed by atoms with Gasteiger partial charge in [-0.25, -0.2) is 14.6 Å². The third-order valence-corrected chi connectivity index (χ3v) is 4.97. The minimum Gasteiger partial charge on any atom is -0.369 e. The van der Waals surface area contributed by atoms with Crippen molar-refractivity contribution in [2.24, 2.45) is 0 Å². The minimum atomic E-state index is -0.0591. The Balaban J connectivity index is 1.74. The summed E-state index contributed by atoms with van der Waals surface area (Å²) in [6, 6.07) is 3.68. The molecular weight excluding hydrogens is 356 g/mol. The molecular formula is C16H20N6OS2. The summed E-state index contributed by atoms with van der Waals surface area (Å²) in [5.74, 6) is 0.751. The Kier molecular flexibility index (Phi) is 5.87. The van der Waals surface area contributed by atoms with Crippen LogP contribution >= 0.6 is 23.1 Å². The number of aromatic nitrogens is 4. The molecule has 25 heavy (non-hydrogen) atoms. The van der Waals surface area contributed by atoms with E-state index in [1.165, 1.54) is 23.1 Å². The van der Waals surface area contributed by atoms with Gasteiger partial charge in [-0.05, 0) is 24.1 Å². The van der Waals surface area contributed by atoms with E-state index in [-0.39, 0.29) is 5.91 Å². The van der Waals surface area contributed by atoms with Crippen molar-refractivity contribution in [3.8, 4) is 0 Å². The van der Waals surface area contributed by atoms with Gasteiger partial charge in [0.1, 0.15) is 5.82 Å². The maximum absolute atomic E-state index is 12.0. The number of hydrogen-bond donors (Lipinski definition) is 2. The van der Waals surface area contributed by atoms with Crippen LogP contribution in [0.3, 0.4) is 0 Å². The van der Waals surface area contributed by atoms with Crippen LogP contribution in [0.15, 0.2) is 28.9 Å². The van der Waals surface area contributed by atoms with Crippen LogP contribution in [-0.4, -0.2) is 45.0 Å². The van der Waals surface area contributed by atoms with E-state index in [1.807, 2.05) is 28.5 Å². The molecule has 3 heterocycles. The second-order valence-corrected chi connectivity index (χ2v) is 7.04. The van der Waals surface area contributed by atoms with Crippen molar-refractivity contribution in [3.63, 3.8) is 0 Å². The number of carbonyl (C=O) groups is 1.